The van der Waals surface area contributed by atoms with E-state index in [1.54, 1.807) is 29.2 Å². The molecule has 1 aliphatic rings. The van der Waals surface area contributed by atoms with E-state index >= 15 is 0 Å². The second-order valence-corrected chi connectivity index (χ2v) is 8.45. The molecule has 0 spiro atoms. The smallest absolute Gasteiger partial charge is 0.254 e. The number of nitrogens with zero attached hydrogens (tertiary/aromatic N) is 2. The van der Waals surface area contributed by atoms with E-state index in [4.69, 9.17) is 11.0 Å². The van der Waals surface area contributed by atoms with Crippen LogP contribution in [0.3, 0.4) is 0 Å². The summed E-state index contributed by atoms with van der Waals surface area (Å²) in [4.78, 5) is 27.5. The molecule has 6 nitrogen and oxygen atoms in total. The van der Waals surface area contributed by atoms with Gasteiger partial charge in [-0.15, -0.1) is 0 Å². The van der Waals surface area contributed by atoms with Crippen LogP contribution in [-0.4, -0.2) is 29.8 Å². The molecule has 32 heavy (non-hydrogen) atoms. The van der Waals surface area contributed by atoms with E-state index in [9.17, 15) is 9.59 Å². The molecule has 2 aromatic carbocycles. The van der Waals surface area contributed by atoms with E-state index in [1.807, 2.05) is 24.3 Å². The number of hydrogen-bond acceptors (Lipinski definition) is 4. The molecule has 6 heteroatoms. The molecule has 1 fully saturated rings. The fourth-order valence-electron chi connectivity index (χ4n) is 4.24. The van der Waals surface area contributed by atoms with Crippen LogP contribution in [0.2, 0.25) is 0 Å². The number of hydrogen-bond donors (Lipinski definition) is 2. The highest BCUT2D eigenvalue weighted by molar-refractivity contribution is 5.95. The number of anilines is 1. The van der Waals surface area contributed by atoms with Gasteiger partial charge < -0.3 is 16.0 Å². The number of rotatable bonds is 10. The van der Waals surface area contributed by atoms with Crippen LogP contribution in [0.5, 0.6) is 0 Å². The molecule has 0 unspecified atom stereocenters. The summed E-state index contributed by atoms with van der Waals surface area (Å²) >= 11 is 0. The summed E-state index contributed by atoms with van der Waals surface area (Å²) in [6.07, 6.45) is 7.17. The van der Waals surface area contributed by atoms with E-state index in [0.29, 0.717) is 49.5 Å². The van der Waals surface area contributed by atoms with Gasteiger partial charge in [0.15, 0.2) is 0 Å². The first kappa shape index (κ1) is 23.5. The minimum Gasteiger partial charge on any atom is -0.334 e. The van der Waals surface area contributed by atoms with Crippen molar-refractivity contribution in [2.24, 2.45) is 11.7 Å². The summed E-state index contributed by atoms with van der Waals surface area (Å²) in [6, 6.07) is 16.3. The number of nitrogens with one attached hydrogen (secondary N) is 1. The molecule has 0 atom stereocenters. The van der Waals surface area contributed by atoms with Crippen LogP contribution in [0.25, 0.3) is 0 Å². The third-order valence-corrected chi connectivity index (χ3v) is 6.09. The normalized spacial score (nSPS) is 13.5. The third kappa shape index (κ3) is 6.66. The highest BCUT2D eigenvalue weighted by Gasteiger charge is 2.19. The molecule has 0 aliphatic heterocycles. The minimum absolute atomic E-state index is 0.0243. The van der Waals surface area contributed by atoms with Gasteiger partial charge in [-0.1, -0.05) is 43.9 Å². The Kier molecular flexibility index (Phi) is 8.82. The molecule has 2 amide bonds. The van der Waals surface area contributed by atoms with Gasteiger partial charge in [-0.05, 0) is 61.2 Å². The Balaban J connectivity index is 1.69. The average Bonchev–Trinajstić information content (AvgIpc) is 3.35. The van der Waals surface area contributed by atoms with Crippen LogP contribution in [-0.2, 0) is 11.3 Å². The van der Waals surface area contributed by atoms with Crippen molar-refractivity contribution in [3.63, 3.8) is 0 Å². The fraction of sp³-hybridized carbons (Fsp3) is 0.423. The molecular formula is C26H32N4O2. The molecule has 0 aromatic heterocycles. The van der Waals surface area contributed by atoms with Crippen molar-refractivity contribution in [2.45, 2.75) is 51.5 Å². The maximum atomic E-state index is 13.2. The van der Waals surface area contributed by atoms with Gasteiger partial charge in [-0.2, -0.15) is 5.26 Å². The minimum atomic E-state index is -0.120. The van der Waals surface area contributed by atoms with E-state index in [-0.39, 0.29) is 11.8 Å². The molecule has 2 aromatic rings. The largest absolute Gasteiger partial charge is 0.334 e. The van der Waals surface area contributed by atoms with Gasteiger partial charge in [0.1, 0.15) is 0 Å². The molecular weight excluding hydrogens is 400 g/mol. The van der Waals surface area contributed by atoms with Crippen molar-refractivity contribution >= 4 is 17.5 Å². The van der Waals surface area contributed by atoms with Crippen molar-refractivity contribution in [1.82, 2.24) is 4.90 Å². The first-order valence-electron chi connectivity index (χ1n) is 11.5. The summed E-state index contributed by atoms with van der Waals surface area (Å²) in [5, 5.41) is 12.0. The molecule has 168 valence electrons. The van der Waals surface area contributed by atoms with Crippen molar-refractivity contribution in [3.05, 3.63) is 65.2 Å². The molecule has 0 saturated heterocycles. The van der Waals surface area contributed by atoms with E-state index in [0.717, 1.165) is 17.7 Å². The van der Waals surface area contributed by atoms with Gasteiger partial charge in [0.2, 0.25) is 5.91 Å². The van der Waals surface area contributed by atoms with E-state index in [1.165, 1.54) is 25.7 Å². The van der Waals surface area contributed by atoms with Crippen molar-refractivity contribution in [1.29, 1.82) is 5.26 Å². The predicted molar refractivity (Wildman–Crippen MR) is 126 cm³/mol. The molecule has 3 rings (SSSR count). The lowest BCUT2D eigenvalue weighted by atomic mass is 10.0. The first-order valence-corrected chi connectivity index (χ1v) is 11.5. The van der Waals surface area contributed by atoms with Crippen LogP contribution < -0.4 is 11.1 Å². The molecule has 0 bridgehead atoms. The zero-order valence-corrected chi connectivity index (χ0v) is 18.6. The number of nitrogens with two attached hydrogens (primary N) is 1. The average molecular weight is 433 g/mol. The van der Waals surface area contributed by atoms with E-state index < -0.39 is 0 Å². The molecule has 3 N–H and O–H groups in total. The Labute approximate surface area is 190 Å². The van der Waals surface area contributed by atoms with Gasteiger partial charge >= 0.3 is 0 Å². The van der Waals surface area contributed by atoms with E-state index in [2.05, 4.69) is 11.4 Å². The van der Waals surface area contributed by atoms with Crippen LogP contribution in [0.1, 0.15) is 66.4 Å². The lowest BCUT2D eigenvalue weighted by molar-refractivity contribution is -0.116. The Morgan fingerprint density at radius 3 is 2.50 bits per heavy atom. The van der Waals surface area contributed by atoms with Crippen molar-refractivity contribution in [2.75, 3.05) is 18.4 Å². The quantitative estimate of drug-likeness (QED) is 0.579. The lowest BCUT2D eigenvalue weighted by Gasteiger charge is -2.24. The molecule has 0 radical (unpaired) electrons. The summed E-state index contributed by atoms with van der Waals surface area (Å²) < 4.78 is 0. The highest BCUT2D eigenvalue weighted by atomic mass is 16.2. The molecule has 1 saturated carbocycles. The Hall–Kier alpha value is -3.17. The Bertz CT molecular complexity index is 943. The highest BCUT2D eigenvalue weighted by Crippen LogP contribution is 2.29. The maximum absolute atomic E-state index is 13.2. The molecule has 0 heterocycles. The first-order chi connectivity index (χ1) is 15.6. The Morgan fingerprint density at radius 1 is 1.09 bits per heavy atom. The number of para-hydroxylation sites is 1. The summed E-state index contributed by atoms with van der Waals surface area (Å²) in [5.74, 6) is 0.578. The SMILES string of the molecule is N#Cc1ccc(C(=O)N(CCCN)Cc2ccccc2NC(=O)CCC2CCCC2)cc1. The zero-order valence-electron chi connectivity index (χ0n) is 18.6. The van der Waals surface area contributed by atoms with Gasteiger partial charge in [0.05, 0.1) is 11.6 Å². The number of amides is 2. The standard InChI is InChI=1S/C26H32N4O2/c27-16-5-17-30(26(32)22-13-10-21(18-28)11-14-22)19-23-8-3-4-9-24(23)29-25(31)15-12-20-6-1-2-7-20/h3-4,8-11,13-14,20H,1-2,5-7,12,15-17,19,27H2,(H,29,31). The topological polar surface area (TPSA) is 99.2 Å². The lowest BCUT2D eigenvalue weighted by Crippen LogP contribution is -2.33. The molecule has 1 aliphatic carbocycles. The van der Waals surface area contributed by atoms with Crippen molar-refractivity contribution in [3.8, 4) is 6.07 Å². The van der Waals surface area contributed by atoms with Crippen LogP contribution >= 0.6 is 0 Å². The van der Waals surface area contributed by atoms with Gasteiger partial charge in [0.25, 0.3) is 5.91 Å². The van der Waals surface area contributed by atoms with Gasteiger partial charge in [0, 0.05) is 30.8 Å². The maximum Gasteiger partial charge on any atom is 0.254 e. The summed E-state index contributed by atoms with van der Waals surface area (Å²) in [7, 11) is 0. The van der Waals surface area contributed by atoms with Gasteiger partial charge in [-0.3, -0.25) is 9.59 Å². The second-order valence-electron chi connectivity index (χ2n) is 8.45. The zero-order chi connectivity index (χ0) is 22.8. The van der Waals surface area contributed by atoms with Crippen LogP contribution in [0.4, 0.5) is 5.69 Å². The van der Waals surface area contributed by atoms with Crippen LogP contribution in [0.15, 0.2) is 48.5 Å². The third-order valence-electron chi connectivity index (χ3n) is 6.09. The predicted octanol–water partition coefficient (Wildman–Crippen LogP) is 4.46. The number of carbonyl (C=O) groups excluding carboxylic acids is 2. The number of carbonyl (C=O) groups is 2. The monoisotopic (exact) mass is 432 g/mol. The van der Waals surface area contributed by atoms with Gasteiger partial charge in [-0.25, -0.2) is 0 Å². The second kappa shape index (κ2) is 12.0. The Morgan fingerprint density at radius 2 is 1.81 bits per heavy atom. The summed E-state index contributed by atoms with van der Waals surface area (Å²) in [5.41, 5.74) is 8.37. The van der Waals surface area contributed by atoms with Crippen molar-refractivity contribution < 1.29 is 9.59 Å². The fourth-order valence-corrected chi connectivity index (χ4v) is 4.24. The number of nitriles is 1. The van der Waals surface area contributed by atoms with Crippen LogP contribution in [0, 0.1) is 17.2 Å². The summed E-state index contributed by atoms with van der Waals surface area (Å²) in [6.45, 7) is 1.37. The number of benzene rings is 2.